The fourth-order valence-electron chi connectivity index (χ4n) is 4.26. The fourth-order valence-corrected chi connectivity index (χ4v) is 4.78. The van der Waals surface area contributed by atoms with Crippen molar-refractivity contribution < 1.29 is 9.15 Å². The van der Waals surface area contributed by atoms with E-state index in [2.05, 4.69) is 10.3 Å². The lowest BCUT2D eigenvalue weighted by Crippen LogP contribution is -2.29. The van der Waals surface area contributed by atoms with Gasteiger partial charge >= 0.3 is 0 Å². The Morgan fingerprint density at radius 3 is 2.64 bits per heavy atom. The number of hydrogen-bond donors (Lipinski definition) is 1. The lowest BCUT2D eigenvalue weighted by molar-refractivity contribution is 0.409. The number of nitrogens with one attached hydrogen (secondary N) is 1. The molecule has 1 N–H and O–H groups in total. The zero-order chi connectivity index (χ0) is 22.9. The van der Waals surface area contributed by atoms with Crippen molar-refractivity contribution in [1.29, 1.82) is 0 Å². The number of furan rings is 1. The van der Waals surface area contributed by atoms with Crippen LogP contribution in [0.3, 0.4) is 0 Å². The van der Waals surface area contributed by atoms with Gasteiger partial charge in [-0.15, -0.1) is 0 Å². The minimum atomic E-state index is -0.267. The molecule has 2 aromatic heterocycles. The lowest BCUT2D eigenvalue weighted by Gasteiger charge is -2.27. The number of anilines is 1. The molecular weight excluding hydrogens is 454 g/mol. The standard InChI is InChI=1S/C26H22ClN3O2S/c1-16-17(8-7-9-18(16)27)21-13-14-23(32-21)25-24(19-10-5-6-15-28-19)29-26(33)30(25)20-11-3-4-12-22(20)31-2/h3-15,24-25H,1-2H3,(H,29,33)/t24-,25+/m0/s1. The highest BCUT2D eigenvalue weighted by molar-refractivity contribution is 7.80. The second-order valence-electron chi connectivity index (χ2n) is 7.78. The van der Waals surface area contributed by atoms with Crippen LogP contribution in [0.5, 0.6) is 5.75 Å². The molecule has 2 atom stereocenters. The van der Waals surface area contributed by atoms with E-state index in [0.717, 1.165) is 39.8 Å². The van der Waals surface area contributed by atoms with E-state index in [-0.39, 0.29) is 12.1 Å². The molecule has 0 spiro atoms. The first-order chi connectivity index (χ1) is 16.1. The Bertz CT molecular complexity index is 1310. The maximum atomic E-state index is 6.45. The second kappa shape index (κ2) is 8.89. The van der Waals surface area contributed by atoms with E-state index < -0.39 is 0 Å². The van der Waals surface area contributed by atoms with Crippen LogP contribution in [-0.4, -0.2) is 17.2 Å². The zero-order valence-electron chi connectivity index (χ0n) is 18.2. The molecule has 33 heavy (non-hydrogen) atoms. The van der Waals surface area contributed by atoms with Crippen LogP contribution in [0.25, 0.3) is 11.3 Å². The molecule has 0 aliphatic carbocycles. The van der Waals surface area contributed by atoms with Crippen molar-refractivity contribution >= 4 is 34.6 Å². The molecule has 5 rings (SSSR count). The number of para-hydroxylation sites is 2. The van der Waals surface area contributed by atoms with Crippen LogP contribution in [0.1, 0.15) is 29.1 Å². The quantitative estimate of drug-likeness (QED) is 0.333. The summed E-state index contributed by atoms with van der Waals surface area (Å²) in [4.78, 5) is 6.64. The van der Waals surface area contributed by atoms with Crippen molar-refractivity contribution in [2.45, 2.75) is 19.0 Å². The number of thiocarbonyl (C=S) groups is 1. The average molecular weight is 476 g/mol. The van der Waals surface area contributed by atoms with Crippen LogP contribution < -0.4 is 15.0 Å². The molecule has 0 amide bonds. The predicted molar refractivity (Wildman–Crippen MR) is 135 cm³/mol. The minimum Gasteiger partial charge on any atom is -0.495 e. The van der Waals surface area contributed by atoms with Crippen LogP contribution in [0.4, 0.5) is 5.69 Å². The van der Waals surface area contributed by atoms with Crippen molar-refractivity contribution in [3.05, 3.63) is 101 Å². The van der Waals surface area contributed by atoms with Crippen LogP contribution >= 0.6 is 23.8 Å². The molecule has 0 radical (unpaired) electrons. The van der Waals surface area contributed by atoms with Gasteiger partial charge in [-0.3, -0.25) is 4.98 Å². The van der Waals surface area contributed by atoms with Gasteiger partial charge in [0.15, 0.2) is 5.11 Å². The minimum absolute atomic E-state index is 0.205. The van der Waals surface area contributed by atoms with E-state index >= 15 is 0 Å². The summed E-state index contributed by atoms with van der Waals surface area (Å²) >= 11 is 12.2. The van der Waals surface area contributed by atoms with Gasteiger partial charge in [0.25, 0.3) is 0 Å². The van der Waals surface area contributed by atoms with Gasteiger partial charge in [0, 0.05) is 16.8 Å². The van der Waals surface area contributed by atoms with Gasteiger partial charge in [0.1, 0.15) is 23.3 Å². The molecule has 166 valence electrons. The van der Waals surface area contributed by atoms with Gasteiger partial charge < -0.3 is 19.4 Å². The summed E-state index contributed by atoms with van der Waals surface area (Å²) in [6.45, 7) is 1.99. The molecule has 0 saturated carbocycles. The topological polar surface area (TPSA) is 50.5 Å². The van der Waals surface area contributed by atoms with Crippen LogP contribution in [0.2, 0.25) is 5.02 Å². The monoisotopic (exact) mass is 475 g/mol. The van der Waals surface area contributed by atoms with Crippen molar-refractivity contribution in [3.8, 4) is 17.1 Å². The van der Waals surface area contributed by atoms with Gasteiger partial charge in [0.05, 0.1) is 24.5 Å². The molecular formula is C26H22ClN3O2S. The van der Waals surface area contributed by atoms with Crippen molar-refractivity contribution in [2.75, 3.05) is 12.0 Å². The average Bonchev–Trinajstić information content (AvgIpc) is 3.46. The first kappa shape index (κ1) is 21.5. The Morgan fingerprint density at radius 1 is 1.03 bits per heavy atom. The number of nitrogens with zero attached hydrogens (tertiary/aromatic N) is 2. The molecule has 5 nitrogen and oxygen atoms in total. The van der Waals surface area contributed by atoms with Crippen molar-refractivity contribution in [1.82, 2.24) is 10.3 Å². The Balaban J connectivity index is 1.64. The third-order valence-corrected chi connectivity index (χ3v) is 6.62. The Kier molecular flexibility index (Phi) is 5.79. The van der Waals surface area contributed by atoms with Crippen LogP contribution in [0.15, 0.2) is 83.4 Å². The molecule has 3 heterocycles. The van der Waals surface area contributed by atoms with Crippen molar-refractivity contribution in [2.24, 2.45) is 0 Å². The molecule has 2 aromatic carbocycles. The van der Waals surface area contributed by atoms with Crippen LogP contribution in [0, 0.1) is 6.92 Å². The Hall–Kier alpha value is -3.35. The normalized spacial score (nSPS) is 17.8. The molecule has 1 fully saturated rings. The summed E-state index contributed by atoms with van der Waals surface area (Å²) in [5.41, 5.74) is 3.67. The number of rotatable bonds is 5. The summed E-state index contributed by atoms with van der Waals surface area (Å²) < 4.78 is 12.1. The number of hydrogen-bond acceptors (Lipinski definition) is 4. The van der Waals surface area contributed by atoms with E-state index in [0.29, 0.717) is 10.1 Å². The summed E-state index contributed by atoms with van der Waals surface area (Å²) in [5, 5.41) is 4.73. The van der Waals surface area contributed by atoms with Gasteiger partial charge in [0.2, 0.25) is 0 Å². The molecule has 7 heteroatoms. The van der Waals surface area contributed by atoms with Gasteiger partial charge in [-0.25, -0.2) is 0 Å². The zero-order valence-corrected chi connectivity index (χ0v) is 19.7. The number of benzene rings is 2. The summed E-state index contributed by atoms with van der Waals surface area (Å²) in [6.07, 6.45) is 1.78. The highest BCUT2D eigenvalue weighted by Gasteiger charge is 2.43. The molecule has 0 unspecified atom stereocenters. The Morgan fingerprint density at radius 2 is 1.85 bits per heavy atom. The molecule has 1 aliphatic rings. The van der Waals surface area contributed by atoms with Gasteiger partial charge in [-0.05, 0) is 67.2 Å². The van der Waals surface area contributed by atoms with E-state index in [9.17, 15) is 0 Å². The summed E-state index contributed by atoms with van der Waals surface area (Å²) in [7, 11) is 1.66. The lowest BCUT2D eigenvalue weighted by atomic mass is 10.0. The maximum Gasteiger partial charge on any atom is 0.174 e. The van der Waals surface area contributed by atoms with Crippen molar-refractivity contribution in [3.63, 3.8) is 0 Å². The number of methoxy groups -OCH3 is 1. The van der Waals surface area contributed by atoms with Gasteiger partial charge in [-0.2, -0.15) is 0 Å². The van der Waals surface area contributed by atoms with E-state index in [1.165, 1.54) is 0 Å². The van der Waals surface area contributed by atoms with E-state index in [4.69, 9.17) is 33.0 Å². The SMILES string of the molecule is COc1ccccc1N1C(=S)N[C@@H](c2ccccn2)[C@H]1c1ccc(-c2cccc(Cl)c2C)o1. The summed E-state index contributed by atoms with van der Waals surface area (Å²) in [5.74, 6) is 2.24. The molecule has 1 saturated heterocycles. The smallest absolute Gasteiger partial charge is 0.174 e. The third-order valence-electron chi connectivity index (χ3n) is 5.89. The number of pyridine rings is 1. The highest BCUT2D eigenvalue weighted by atomic mass is 35.5. The fraction of sp³-hybridized carbons (Fsp3) is 0.154. The largest absolute Gasteiger partial charge is 0.495 e. The summed E-state index contributed by atoms with van der Waals surface area (Å²) in [6, 6.07) is 23.0. The molecule has 1 aliphatic heterocycles. The Labute approximate surface area is 203 Å². The highest BCUT2D eigenvalue weighted by Crippen LogP contribution is 2.45. The number of halogens is 1. The first-order valence-corrected chi connectivity index (χ1v) is 11.4. The third kappa shape index (κ3) is 3.86. The first-order valence-electron chi connectivity index (χ1n) is 10.6. The molecule has 4 aromatic rings. The van der Waals surface area contributed by atoms with E-state index in [1.54, 1.807) is 13.3 Å². The second-order valence-corrected chi connectivity index (χ2v) is 8.58. The number of ether oxygens (including phenoxy) is 1. The predicted octanol–water partition coefficient (Wildman–Crippen LogP) is 6.49. The molecule has 0 bridgehead atoms. The maximum absolute atomic E-state index is 6.45. The number of aromatic nitrogens is 1. The van der Waals surface area contributed by atoms with E-state index in [1.807, 2.05) is 84.6 Å². The van der Waals surface area contributed by atoms with Crippen LogP contribution in [-0.2, 0) is 0 Å². The van der Waals surface area contributed by atoms with Gasteiger partial charge in [-0.1, -0.05) is 41.9 Å².